The number of piperidine rings is 1. The van der Waals surface area contributed by atoms with Gasteiger partial charge in [-0.2, -0.15) is 0 Å². The summed E-state index contributed by atoms with van der Waals surface area (Å²) in [5, 5.41) is 3.24. The van der Waals surface area contributed by atoms with Crippen molar-refractivity contribution >= 4 is 15.9 Å². The van der Waals surface area contributed by atoms with Crippen molar-refractivity contribution in [3.8, 4) is 0 Å². The van der Waals surface area contributed by atoms with E-state index in [1.165, 1.54) is 6.26 Å². The Morgan fingerprint density at radius 2 is 1.89 bits per heavy atom. The fraction of sp³-hybridized carbons (Fsp3) is 0.917. The molecule has 2 atom stereocenters. The van der Waals surface area contributed by atoms with Crippen LogP contribution in [0.15, 0.2) is 0 Å². The molecule has 2 N–H and O–H groups in total. The Bertz CT molecular complexity index is 430. The van der Waals surface area contributed by atoms with E-state index in [-0.39, 0.29) is 17.9 Å². The molecule has 0 radical (unpaired) electrons. The van der Waals surface area contributed by atoms with Gasteiger partial charge in [-0.3, -0.25) is 4.79 Å². The van der Waals surface area contributed by atoms with Crippen molar-refractivity contribution in [2.24, 2.45) is 11.8 Å². The standard InChI is InChI=1S/C12H23N3O3S/c1-9-7-13-8-11(9)12(16)15-5-3-10(4-6-15)14-19(2,17)18/h9-11,13-14H,3-8H2,1-2H3. The summed E-state index contributed by atoms with van der Waals surface area (Å²) in [6, 6.07) is -0.0295. The first-order valence-electron chi connectivity index (χ1n) is 6.83. The molecule has 0 aromatic carbocycles. The number of nitrogens with zero attached hydrogens (tertiary/aromatic N) is 1. The molecule has 0 aliphatic carbocycles. The van der Waals surface area contributed by atoms with Gasteiger partial charge in [0, 0.05) is 25.7 Å². The molecular weight excluding hydrogens is 266 g/mol. The molecule has 0 saturated carbocycles. The van der Waals surface area contributed by atoms with Crippen LogP contribution in [0.2, 0.25) is 0 Å². The Morgan fingerprint density at radius 1 is 1.26 bits per heavy atom. The second-order valence-electron chi connectivity index (χ2n) is 5.73. The van der Waals surface area contributed by atoms with E-state index in [0.29, 0.717) is 31.8 Å². The average Bonchev–Trinajstić information content (AvgIpc) is 2.73. The van der Waals surface area contributed by atoms with Gasteiger partial charge in [0.15, 0.2) is 0 Å². The Morgan fingerprint density at radius 3 is 2.37 bits per heavy atom. The third-order valence-electron chi connectivity index (χ3n) is 4.02. The number of amides is 1. The minimum atomic E-state index is -3.15. The van der Waals surface area contributed by atoms with Crippen molar-refractivity contribution in [1.82, 2.24) is 14.9 Å². The molecule has 0 aromatic heterocycles. The number of hydrogen-bond acceptors (Lipinski definition) is 4. The van der Waals surface area contributed by atoms with Crippen LogP contribution in [0.1, 0.15) is 19.8 Å². The van der Waals surface area contributed by atoms with Crippen LogP contribution in [0.5, 0.6) is 0 Å². The van der Waals surface area contributed by atoms with Gasteiger partial charge in [0.05, 0.1) is 12.2 Å². The predicted octanol–water partition coefficient (Wildman–Crippen LogP) is -0.618. The van der Waals surface area contributed by atoms with E-state index >= 15 is 0 Å². The smallest absolute Gasteiger partial charge is 0.227 e. The van der Waals surface area contributed by atoms with Gasteiger partial charge in [0.25, 0.3) is 0 Å². The summed E-state index contributed by atoms with van der Waals surface area (Å²) in [7, 11) is -3.15. The van der Waals surface area contributed by atoms with E-state index in [1.54, 1.807) is 0 Å². The first-order chi connectivity index (χ1) is 8.87. The van der Waals surface area contributed by atoms with Crippen LogP contribution in [0.4, 0.5) is 0 Å². The lowest BCUT2D eigenvalue weighted by atomic mass is 9.95. The zero-order chi connectivity index (χ0) is 14.0. The normalized spacial score (nSPS) is 29.7. The van der Waals surface area contributed by atoms with Crippen molar-refractivity contribution in [2.45, 2.75) is 25.8 Å². The quantitative estimate of drug-likeness (QED) is 0.726. The van der Waals surface area contributed by atoms with Crippen LogP contribution in [-0.4, -0.2) is 57.7 Å². The largest absolute Gasteiger partial charge is 0.342 e. The van der Waals surface area contributed by atoms with Gasteiger partial charge < -0.3 is 10.2 Å². The van der Waals surface area contributed by atoms with Crippen LogP contribution in [-0.2, 0) is 14.8 Å². The molecule has 2 rings (SSSR count). The van der Waals surface area contributed by atoms with Gasteiger partial charge in [-0.1, -0.05) is 6.92 Å². The number of carbonyl (C=O) groups excluding carboxylic acids is 1. The van der Waals surface area contributed by atoms with E-state index in [0.717, 1.165) is 13.1 Å². The van der Waals surface area contributed by atoms with Crippen molar-refractivity contribution in [3.05, 3.63) is 0 Å². The third kappa shape index (κ3) is 3.90. The van der Waals surface area contributed by atoms with Crippen molar-refractivity contribution < 1.29 is 13.2 Å². The maximum absolute atomic E-state index is 12.3. The Balaban J connectivity index is 1.84. The van der Waals surface area contributed by atoms with E-state index in [2.05, 4.69) is 17.0 Å². The fourth-order valence-electron chi connectivity index (χ4n) is 2.90. The monoisotopic (exact) mass is 289 g/mol. The molecule has 2 fully saturated rings. The molecule has 0 spiro atoms. The summed E-state index contributed by atoms with van der Waals surface area (Å²) in [4.78, 5) is 14.2. The number of carbonyl (C=O) groups is 1. The molecule has 1 amide bonds. The number of hydrogen-bond donors (Lipinski definition) is 2. The summed E-state index contributed by atoms with van der Waals surface area (Å²) >= 11 is 0. The lowest BCUT2D eigenvalue weighted by molar-refractivity contribution is -0.137. The summed E-state index contributed by atoms with van der Waals surface area (Å²) in [6.07, 6.45) is 2.58. The Labute approximate surface area is 115 Å². The van der Waals surface area contributed by atoms with E-state index in [9.17, 15) is 13.2 Å². The molecule has 110 valence electrons. The Kier molecular flexibility index (Phi) is 4.47. The van der Waals surface area contributed by atoms with Gasteiger partial charge in [0.2, 0.25) is 15.9 Å². The fourth-order valence-corrected chi connectivity index (χ4v) is 3.74. The van der Waals surface area contributed by atoms with Crippen LogP contribution < -0.4 is 10.0 Å². The van der Waals surface area contributed by atoms with E-state index in [4.69, 9.17) is 0 Å². The minimum Gasteiger partial charge on any atom is -0.342 e. The molecule has 2 aliphatic rings. The highest BCUT2D eigenvalue weighted by molar-refractivity contribution is 7.88. The summed E-state index contributed by atoms with van der Waals surface area (Å²) < 4.78 is 25.0. The molecule has 19 heavy (non-hydrogen) atoms. The molecule has 0 aromatic rings. The zero-order valence-corrected chi connectivity index (χ0v) is 12.4. The highest BCUT2D eigenvalue weighted by atomic mass is 32.2. The number of rotatable bonds is 3. The minimum absolute atomic E-state index is 0.0295. The van der Waals surface area contributed by atoms with Gasteiger partial charge in [0.1, 0.15) is 0 Å². The van der Waals surface area contributed by atoms with E-state index < -0.39 is 10.0 Å². The van der Waals surface area contributed by atoms with Crippen molar-refractivity contribution in [3.63, 3.8) is 0 Å². The third-order valence-corrected chi connectivity index (χ3v) is 4.78. The van der Waals surface area contributed by atoms with Gasteiger partial charge in [-0.25, -0.2) is 13.1 Å². The maximum Gasteiger partial charge on any atom is 0.227 e. The first kappa shape index (κ1) is 14.7. The van der Waals surface area contributed by atoms with E-state index in [1.807, 2.05) is 4.90 Å². The van der Waals surface area contributed by atoms with Crippen LogP contribution in [0.25, 0.3) is 0 Å². The SMILES string of the molecule is CC1CNCC1C(=O)N1CCC(NS(C)(=O)=O)CC1. The molecule has 0 bridgehead atoms. The first-order valence-corrected chi connectivity index (χ1v) is 8.73. The highest BCUT2D eigenvalue weighted by Gasteiger charge is 2.34. The van der Waals surface area contributed by atoms with Gasteiger partial charge >= 0.3 is 0 Å². The second-order valence-corrected chi connectivity index (χ2v) is 7.51. The molecule has 2 heterocycles. The maximum atomic E-state index is 12.3. The molecule has 2 unspecified atom stereocenters. The molecular formula is C12H23N3O3S. The highest BCUT2D eigenvalue weighted by Crippen LogP contribution is 2.21. The molecule has 6 nitrogen and oxygen atoms in total. The topological polar surface area (TPSA) is 78.5 Å². The van der Waals surface area contributed by atoms with Crippen LogP contribution in [0, 0.1) is 11.8 Å². The lowest BCUT2D eigenvalue weighted by Gasteiger charge is -2.34. The van der Waals surface area contributed by atoms with Crippen molar-refractivity contribution in [2.75, 3.05) is 32.4 Å². The number of likely N-dealkylation sites (tertiary alicyclic amines) is 1. The predicted molar refractivity (Wildman–Crippen MR) is 73.1 cm³/mol. The molecule has 2 aliphatic heterocycles. The van der Waals surface area contributed by atoms with Crippen LogP contribution >= 0.6 is 0 Å². The summed E-state index contributed by atoms with van der Waals surface area (Å²) in [6.45, 7) is 5.06. The zero-order valence-electron chi connectivity index (χ0n) is 11.6. The van der Waals surface area contributed by atoms with Gasteiger partial charge in [-0.15, -0.1) is 0 Å². The van der Waals surface area contributed by atoms with Gasteiger partial charge in [-0.05, 0) is 25.3 Å². The summed E-state index contributed by atoms with van der Waals surface area (Å²) in [5.41, 5.74) is 0. The average molecular weight is 289 g/mol. The Hall–Kier alpha value is -0.660. The lowest BCUT2D eigenvalue weighted by Crippen LogP contribution is -2.48. The molecule has 2 saturated heterocycles. The summed E-state index contributed by atoms with van der Waals surface area (Å²) in [5.74, 6) is 0.689. The van der Waals surface area contributed by atoms with Crippen LogP contribution in [0.3, 0.4) is 0 Å². The molecule has 7 heteroatoms. The second kappa shape index (κ2) is 5.76. The van der Waals surface area contributed by atoms with Crippen molar-refractivity contribution in [1.29, 1.82) is 0 Å². The number of sulfonamides is 1. The number of nitrogens with one attached hydrogen (secondary N) is 2.